The molecule has 0 amide bonds. The molecule has 1 aliphatic heterocycles. The highest BCUT2D eigenvalue weighted by atomic mass is 16.4. The number of hydrogen-bond donors (Lipinski definition) is 1. The number of oxazole rings is 1. The van der Waals surface area contributed by atoms with Crippen LogP contribution in [0.3, 0.4) is 0 Å². The highest BCUT2D eigenvalue weighted by molar-refractivity contribution is 5.11. The number of likely N-dealkylation sites (tertiary alicyclic amines) is 1. The molecule has 20 heavy (non-hydrogen) atoms. The Morgan fingerprint density at radius 2 is 2.30 bits per heavy atom. The van der Waals surface area contributed by atoms with Gasteiger partial charge in [-0.1, -0.05) is 20.8 Å². The predicted octanol–water partition coefficient (Wildman–Crippen LogP) is 3.64. The third kappa shape index (κ3) is 2.66. The lowest BCUT2D eigenvalue weighted by atomic mass is 9.94. The Morgan fingerprint density at radius 1 is 1.45 bits per heavy atom. The lowest BCUT2D eigenvalue weighted by molar-refractivity contribution is 0.215. The molecular weight excluding hydrogens is 250 g/mol. The van der Waals surface area contributed by atoms with Gasteiger partial charge in [0.25, 0.3) is 0 Å². The Balaban J connectivity index is 1.72. The molecule has 0 radical (unpaired) electrons. The average molecular weight is 273 g/mol. The summed E-state index contributed by atoms with van der Waals surface area (Å²) >= 11 is 0. The van der Waals surface area contributed by atoms with Crippen LogP contribution in [-0.4, -0.2) is 21.4 Å². The van der Waals surface area contributed by atoms with E-state index >= 15 is 0 Å². The van der Waals surface area contributed by atoms with E-state index in [4.69, 9.17) is 4.42 Å². The zero-order valence-electron chi connectivity index (χ0n) is 12.5. The molecule has 0 aromatic carbocycles. The van der Waals surface area contributed by atoms with Crippen molar-refractivity contribution in [1.29, 1.82) is 0 Å². The number of aromatic amines is 1. The fourth-order valence-corrected chi connectivity index (χ4v) is 2.82. The van der Waals surface area contributed by atoms with Crippen LogP contribution in [0.1, 0.15) is 57.0 Å². The number of nitrogens with zero attached hydrogens (tertiary/aromatic N) is 2. The maximum absolute atomic E-state index is 5.91. The Hall–Kier alpha value is -1.55. The van der Waals surface area contributed by atoms with Crippen molar-refractivity contribution in [3.05, 3.63) is 41.9 Å². The second-order valence-electron chi connectivity index (χ2n) is 6.62. The van der Waals surface area contributed by atoms with Crippen LogP contribution < -0.4 is 0 Å². The van der Waals surface area contributed by atoms with Gasteiger partial charge in [-0.3, -0.25) is 4.90 Å². The van der Waals surface area contributed by atoms with Crippen LogP contribution in [0, 0.1) is 0 Å². The molecule has 1 fully saturated rings. The summed E-state index contributed by atoms with van der Waals surface area (Å²) in [6.45, 7) is 8.34. The molecule has 1 N–H and O–H groups in total. The number of hydrogen-bond acceptors (Lipinski definition) is 3. The van der Waals surface area contributed by atoms with Gasteiger partial charge in [-0.25, -0.2) is 4.98 Å². The van der Waals surface area contributed by atoms with E-state index < -0.39 is 0 Å². The quantitative estimate of drug-likeness (QED) is 0.928. The maximum Gasteiger partial charge on any atom is 0.208 e. The van der Waals surface area contributed by atoms with E-state index in [2.05, 4.69) is 47.8 Å². The zero-order chi connectivity index (χ0) is 14.2. The van der Waals surface area contributed by atoms with Crippen LogP contribution in [0.5, 0.6) is 0 Å². The molecule has 2 aromatic rings. The fourth-order valence-electron chi connectivity index (χ4n) is 2.82. The summed E-state index contributed by atoms with van der Waals surface area (Å²) in [7, 11) is 0. The highest BCUT2D eigenvalue weighted by Gasteiger charge is 2.28. The summed E-state index contributed by atoms with van der Waals surface area (Å²) in [6.07, 6.45) is 6.30. The third-order valence-corrected chi connectivity index (χ3v) is 3.98. The zero-order valence-corrected chi connectivity index (χ0v) is 12.5. The lowest BCUT2D eigenvalue weighted by Gasteiger charge is -2.22. The Labute approximate surface area is 120 Å². The van der Waals surface area contributed by atoms with Gasteiger partial charge in [-0.2, -0.15) is 0 Å². The molecule has 4 nitrogen and oxygen atoms in total. The van der Waals surface area contributed by atoms with Crippen molar-refractivity contribution in [2.45, 2.75) is 51.6 Å². The van der Waals surface area contributed by atoms with Gasteiger partial charge in [-0.15, -0.1) is 0 Å². The van der Waals surface area contributed by atoms with Crippen molar-refractivity contribution < 1.29 is 4.42 Å². The first-order chi connectivity index (χ1) is 9.54. The Morgan fingerprint density at radius 3 is 2.95 bits per heavy atom. The van der Waals surface area contributed by atoms with E-state index in [-0.39, 0.29) is 5.41 Å². The van der Waals surface area contributed by atoms with Crippen molar-refractivity contribution in [2.24, 2.45) is 0 Å². The van der Waals surface area contributed by atoms with E-state index in [1.54, 1.807) is 0 Å². The monoisotopic (exact) mass is 273 g/mol. The first-order valence-electron chi connectivity index (χ1n) is 7.36. The predicted molar refractivity (Wildman–Crippen MR) is 78.4 cm³/mol. The van der Waals surface area contributed by atoms with Crippen molar-refractivity contribution >= 4 is 0 Å². The van der Waals surface area contributed by atoms with Crippen LogP contribution in [0.2, 0.25) is 0 Å². The molecular formula is C16H23N3O. The molecule has 0 spiro atoms. The molecule has 3 rings (SSSR count). The molecule has 0 unspecified atom stereocenters. The molecule has 1 saturated heterocycles. The molecule has 0 saturated carbocycles. The second-order valence-corrected chi connectivity index (χ2v) is 6.62. The highest BCUT2D eigenvalue weighted by Crippen LogP contribution is 2.32. The van der Waals surface area contributed by atoms with E-state index in [1.807, 2.05) is 12.4 Å². The Bertz CT molecular complexity index is 551. The summed E-state index contributed by atoms with van der Waals surface area (Å²) in [4.78, 5) is 10.2. The van der Waals surface area contributed by atoms with E-state index in [0.717, 1.165) is 24.7 Å². The van der Waals surface area contributed by atoms with Gasteiger partial charge in [0.05, 0.1) is 18.8 Å². The third-order valence-electron chi connectivity index (χ3n) is 3.98. The molecule has 4 heteroatoms. The molecule has 0 bridgehead atoms. The molecule has 108 valence electrons. The van der Waals surface area contributed by atoms with Gasteiger partial charge in [0, 0.05) is 17.3 Å². The van der Waals surface area contributed by atoms with Gasteiger partial charge in [0.15, 0.2) is 0 Å². The standard InChI is InChI=1S/C16H23N3O/c1-16(2,3)14-10-18-15(20-14)11-19-9-5-7-13(19)12-6-4-8-17-12/h4,6,8,10,13,17H,5,7,9,11H2,1-3H3/t13-/m0/s1. The van der Waals surface area contributed by atoms with Gasteiger partial charge in [0.2, 0.25) is 5.89 Å². The summed E-state index contributed by atoms with van der Waals surface area (Å²) in [5.41, 5.74) is 1.32. The van der Waals surface area contributed by atoms with E-state index in [0.29, 0.717) is 6.04 Å². The Kier molecular flexibility index (Phi) is 3.42. The van der Waals surface area contributed by atoms with Gasteiger partial charge in [0.1, 0.15) is 5.76 Å². The fraction of sp³-hybridized carbons (Fsp3) is 0.562. The SMILES string of the molecule is CC(C)(C)c1cnc(CN2CCC[C@H]2c2ccc[nH]2)o1. The number of aromatic nitrogens is 2. The molecule has 2 aromatic heterocycles. The smallest absolute Gasteiger partial charge is 0.208 e. The van der Waals surface area contributed by atoms with Crippen LogP contribution in [0.4, 0.5) is 0 Å². The summed E-state index contributed by atoms with van der Waals surface area (Å²) in [5, 5.41) is 0. The van der Waals surface area contributed by atoms with E-state index in [9.17, 15) is 0 Å². The first kappa shape index (κ1) is 13.4. The van der Waals surface area contributed by atoms with Crippen LogP contribution in [0.15, 0.2) is 28.9 Å². The second kappa shape index (κ2) is 5.09. The van der Waals surface area contributed by atoms with E-state index in [1.165, 1.54) is 18.5 Å². The lowest BCUT2D eigenvalue weighted by Crippen LogP contribution is -2.23. The number of nitrogens with one attached hydrogen (secondary N) is 1. The number of rotatable bonds is 3. The normalized spacial score (nSPS) is 20.6. The van der Waals surface area contributed by atoms with Crippen LogP contribution in [0.25, 0.3) is 0 Å². The van der Waals surface area contributed by atoms with Crippen molar-refractivity contribution in [3.8, 4) is 0 Å². The topological polar surface area (TPSA) is 45.1 Å². The average Bonchev–Trinajstić information content (AvgIpc) is 3.08. The summed E-state index contributed by atoms with van der Waals surface area (Å²) in [5.74, 6) is 1.79. The first-order valence-corrected chi connectivity index (χ1v) is 7.36. The molecule has 1 aliphatic rings. The van der Waals surface area contributed by atoms with Crippen molar-refractivity contribution in [2.75, 3.05) is 6.54 Å². The van der Waals surface area contributed by atoms with Crippen molar-refractivity contribution in [3.63, 3.8) is 0 Å². The number of H-pyrrole nitrogens is 1. The summed E-state index contributed by atoms with van der Waals surface area (Å²) in [6, 6.07) is 4.70. The summed E-state index contributed by atoms with van der Waals surface area (Å²) < 4.78 is 5.91. The van der Waals surface area contributed by atoms with Gasteiger partial charge >= 0.3 is 0 Å². The van der Waals surface area contributed by atoms with Crippen LogP contribution >= 0.6 is 0 Å². The maximum atomic E-state index is 5.91. The van der Waals surface area contributed by atoms with Gasteiger partial charge < -0.3 is 9.40 Å². The largest absolute Gasteiger partial charge is 0.444 e. The van der Waals surface area contributed by atoms with Crippen LogP contribution in [-0.2, 0) is 12.0 Å². The molecule has 3 heterocycles. The molecule has 0 aliphatic carbocycles. The minimum atomic E-state index is 0.0229. The van der Waals surface area contributed by atoms with Gasteiger partial charge in [-0.05, 0) is 31.5 Å². The minimum Gasteiger partial charge on any atom is -0.444 e. The minimum absolute atomic E-state index is 0.0229. The molecule has 1 atom stereocenters. The van der Waals surface area contributed by atoms with Crippen molar-refractivity contribution in [1.82, 2.24) is 14.9 Å².